The van der Waals surface area contributed by atoms with Crippen LogP contribution in [-0.4, -0.2) is 31.3 Å². The summed E-state index contributed by atoms with van der Waals surface area (Å²) in [6.07, 6.45) is 0. The highest BCUT2D eigenvalue weighted by Gasteiger charge is 2.14. The molecule has 8 heteroatoms. The third kappa shape index (κ3) is 3.95. The SMILES string of the molecule is COc1cc(Nc2cc(-c3cccc(N)c3)nc(N)n2)cc(OC)c1OC. The molecular weight excluding hydrogens is 346 g/mol. The Morgan fingerprint density at radius 2 is 1.56 bits per heavy atom. The Balaban J connectivity index is 1.99. The van der Waals surface area contributed by atoms with Crippen LogP contribution in [0.25, 0.3) is 11.3 Å². The molecule has 0 saturated carbocycles. The van der Waals surface area contributed by atoms with Crippen molar-refractivity contribution in [2.45, 2.75) is 0 Å². The van der Waals surface area contributed by atoms with Gasteiger partial charge < -0.3 is 31.0 Å². The van der Waals surface area contributed by atoms with Crippen LogP contribution in [0.4, 0.5) is 23.1 Å². The van der Waals surface area contributed by atoms with Crippen LogP contribution < -0.4 is 31.0 Å². The van der Waals surface area contributed by atoms with Crippen LogP contribution in [0.2, 0.25) is 0 Å². The molecule has 1 aromatic heterocycles. The second-order valence-corrected chi connectivity index (χ2v) is 5.66. The van der Waals surface area contributed by atoms with Crippen molar-refractivity contribution in [1.29, 1.82) is 0 Å². The molecule has 8 nitrogen and oxygen atoms in total. The van der Waals surface area contributed by atoms with Crippen LogP contribution >= 0.6 is 0 Å². The van der Waals surface area contributed by atoms with Crippen molar-refractivity contribution in [2.75, 3.05) is 38.1 Å². The summed E-state index contributed by atoms with van der Waals surface area (Å²) in [6, 6.07) is 12.7. The molecule has 0 radical (unpaired) electrons. The minimum absolute atomic E-state index is 0.143. The minimum Gasteiger partial charge on any atom is -0.493 e. The molecule has 0 bridgehead atoms. The van der Waals surface area contributed by atoms with E-state index >= 15 is 0 Å². The highest BCUT2D eigenvalue weighted by Crippen LogP contribution is 2.40. The molecule has 0 aliphatic carbocycles. The van der Waals surface area contributed by atoms with Gasteiger partial charge in [-0.25, -0.2) is 4.98 Å². The average molecular weight is 367 g/mol. The number of methoxy groups -OCH3 is 3. The quantitative estimate of drug-likeness (QED) is 0.569. The number of nitrogen functional groups attached to an aromatic ring is 2. The summed E-state index contributed by atoms with van der Waals surface area (Å²) >= 11 is 0. The first-order valence-electron chi connectivity index (χ1n) is 8.11. The lowest BCUT2D eigenvalue weighted by Crippen LogP contribution is -2.03. The maximum atomic E-state index is 5.88. The predicted molar refractivity (Wildman–Crippen MR) is 106 cm³/mol. The highest BCUT2D eigenvalue weighted by atomic mass is 16.5. The van der Waals surface area contributed by atoms with Crippen molar-refractivity contribution in [3.63, 3.8) is 0 Å². The van der Waals surface area contributed by atoms with Gasteiger partial charge in [0.05, 0.1) is 27.0 Å². The van der Waals surface area contributed by atoms with Gasteiger partial charge in [0.25, 0.3) is 0 Å². The number of ether oxygens (including phenoxy) is 3. The van der Waals surface area contributed by atoms with Crippen molar-refractivity contribution < 1.29 is 14.2 Å². The first-order valence-corrected chi connectivity index (χ1v) is 8.11. The molecule has 0 aliphatic heterocycles. The summed E-state index contributed by atoms with van der Waals surface area (Å²) in [5.41, 5.74) is 14.6. The third-order valence-electron chi connectivity index (χ3n) is 3.86. The topological polar surface area (TPSA) is 118 Å². The third-order valence-corrected chi connectivity index (χ3v) is 3.86. The monoisotopic (exact) mass is 367 g/mol. The number of hydrogen-bond donors (Lipinski definition) is 3. The van der Waals surface area contributed by atoms with E-state index < -0.39 is 0 Å². The lowest BCUT2D eigenvalue weighted by Gasteiger charge is -2.15. The Bertz CT molecular complexity index is 937. The number of nitrogens with zero attached hydrogens (tertiary/aromatic N) is 2. The lowest BCUT2D eigenvalue weighted by atomic mass is 10.1. The van der Waals surface area contributed by atoms with Gasteiger partial charge in [0.2, 0.25) is 11.7 Å². The summed E-state index contributed by atoms with van der Waals surface area (Å²) < 4.78 is 16.1. The molecular formula is C19H21N5O3. The summed E-state index contributed by atoms with van der Waals surface area (Å²) in [7, 11) is 4.67. The van der Waals surface area contributed by atoms with Crippen LogP contribution in [0, 0.1) is 0 Å². The zero-order chi connectivity index (χ0) is 19.4. The zero-order valence-corrected chi connectivity index (χ0v) is 15.3. The van der Waals surface area contributed by atoms with Crippen LogP contribution in [0.15, 0.2) is 42.5 Å². The Labute approximate surface area is 157 Å². The van der Waals surface area contributed by atoms with Crippen LogP contribution in [0.3, 0.4) is 0 Å². The largest absolute Gasteiger partial charge is 0.493 e. The van der Waals surface area contributed by atoms with Crippen molar-refractivity contribution in [2.24, 2.45) is 0 Å². The summed E-state index contributed by atoms with van der Waals surface area (Å²) in [4.78, 5) is 8.53. The minimum atomic E-state index is 0.143. The van der Waals surface area contributed by atoms with Gasteiger partial charge in [-0.1, -0.05) is 12.1 Å². The normalized spacial score (nSPS) is 10.3. The van der Waals surface area contributed by atoms with E-state index in [4.69, 9.17) is 25.7 Å². The molecule has 27 heavy (non-hydrogen) atoms. The number of nitrogens with one attached hydrogen (secondary N) is 1. The van der Waals surface area contributed by atoms with E-state index in [0.29, 0.717) is 40.1 Å². The average Bonchev–Trinajstić information content (AvgIpc) is 2.66. The van der Waals surface area contributed by atoms with Gasteiger partial charge in [-0.05, 0) is 12.1 Å². The maximum Gasteiger partial charge on any atom is 0.222 e. The standard InChI is InChI=1S/C19H21N5O3/c1-25-15-8-13(9-16(26-2)18(15)27-3)22-17-10-14(23-19(21)24-17)11-5-4-6-12(20)7-11/h4-10H,20H2,1-3H3,(H3,21,22,23,24). The molecule has 140 valence electrons. The first kappa shape index (κ1) is 18.1. The molecule has 3 aromatic rings. The van der Waals surface area contributed by atoms with Crippen molar-refractivity contribution in [1.82, 2.24) is 9.97 Å². The lowest BCUT2D eigenvalue weighted by molar-refractivity contribution is 0.324. The number of anilines is 4. The van der Waals surface area contributed by atoms with E-state index in [0.717, 1.165) is 5.56 Å². The van der Waals surface area contributed by atoms with Crippen LogP contribution in [0.5, 0.6) is 17.2 Å². The Hall–Kier alpha value is -3.68. The van der Waals surface area contributed by atoms with Crippen molar-refractivity contribution >= 4 is 23.1 Å². The molecule has 0 atom stereocenters. The Morgan fingerprint density at radius 1 is 0.852 bits per heavy atom. The van der Waals surface area contributed by atoms with Gasteiger partial charge in [-0.3, -0.25) is 0 Å². The Kier molecular flexibility index (Phi) is 5.16. The van der Waals surface area contributed by atoms with Crippen LogP contribution in [-0.2, 0) is 0 Å². The maximum absolute atomic E-state index is 5.88. The molecule has 0 fully saturated rings. The molecule has 5 N–H and O–H groups in total. The van der Waals surface area contributed by atoms with Gasteiger partial charge >= 0.3 is 0 Å². The molecule has 0 unspecified atom stereocenters. The summed E-state index contributed by atoms with van der Waals surface area (Å²) in [5, 5.41) is 3.19. The second kappa shape index (κ2) is 7.69. The molecule has 3 rings (SSSR count). The Morgan fingerprint density at radius 3 is 2.15 bits per heavy atom. The molecule has 0 spiro atoms. The predicted octanol–water partition coefficient (Wildman–Crippen LogP) is 3.08. The number of aromatic nitrogens is 2. The number of nitrogens with two attached hydrogens (primary N) is 2. The van der Waals surface area contributed by atoms with Gasteiger partial charge in [0, 0.05) is 35.1 Å². The summed E-state index contributed by atoms with van der Waals surface area (Å²) in [6.45, 7) is 0. The van der Waals surface area contributed by atoms with E-state index in [1.54, 1.807) is 39.5 Å². The van der Waals surface area contributed by atoms with E-state index in [1.165, 1.54) is 0 Å². The highest BCUT2D eigenvalue weighted by molar-refractivity contribution is 5.71. The van der Waals surface area contributed by atoms with E-state index in [9.17, 15) is 0 Å². The molecule has 1 heterocycles. The van der Waals surface area contributed by atoms with Gasteiger partial charge in [-0.15, -0.1) is 0 Å². The van der Waals surface area contributed by atoms with Gasteiger partial charge in [0.15, 0.2) is 11.5 Å². The smallest absolute Gasteiger partial charge is 0.222 e. The fourth-order valence-electron chi connectivity index (χ4n) is 2.68. The van der Waals surface area contributed by atoms with Crippen molar-refractivity contribution in [3.05, 3.63) is 42.5 Å². The number of rotatable bonds is 6. The second-order valence-electron chi connectivity index (χ2n) is 5.66. The van der Waals surface area contributed by atoms with Crippen LogP contribution in [0.1, 0.15) is 0 Å². The van der Waals surface area contributed by atoms with E-state index in [1.807, 2.05) is 24.3 Å². The molecule has 0 saturated heterocycles. The summed E-state index contributed by atoms with van der Waals surface area (Å²) in [5.74, 6) is 2.22. The first-order chi connectivity index (χ1) is 13.0. The number of hydrogen-bond acceptors (Lipinski definition) is 8. The molecule has 2 aromatic carbocycles. The zero-order valence-electron chi connectivity index (χ0n) is 15.3. The van der Waals surface area contributed by atoms with Crippen molar-refractivity contribution in [3.8, 4) is 28.5 Å². The van der Waals surface area contributed by atoms with E-state index in [2.05, 4.69) is 15.3 Å². The van der Waals surface area contributed by atoms with E-state index in [-0.39, 0.29) is 5.95 Å². The van der Waals surface area contributed by atoms with Gasteiger partial charge in [0.1, 0.15) is 5.82 Å². The van der Waals surface area contributed by atoms with Gasteiger partial charge in [-0.2, -0.15) is 4.98 Å². The number of benzene rings is 2. The fourth-order valence-corrected chi connectivity index (χ4v) is 2.68. The molecule has 0 aliphatic rings. The molecule has 0 amide bonds. The fraction of sp³-hybridized carbons (Fsp3) is 0.158.